The molecule has 0 aliphatic heterocycles. The van der Waals surface area contributed by atoms with E-state index in [-0.39, 0.29) is 29.6 Å². The third kappa shape index (κ3) is 9.03. The number of hydrogen-bond donors (Lipinski definition) is 2. The van der Waals surface area contributed by atoms with Crippen molar-refractivity contribution in [1.82, 2.24) is 54.0 Å². The molecule has 0 unspecified atom stereocenters. The summed E-state index contributed by atoms with van der Waals surface area (Å²) in [5.41, 5.74) is 8.20. The standard InChI is InChI=1S/C16H11ClF3N7.C16H14ClF3N6.CH4/c1-26-8-12(16(18,19)20)22-13(26)10-4-2-9(3-5-10)7-27-14-11(24-25-27)6-21-15(17)23-14;1-26-8-12(16(18,19)20)24-14(26)10-4-2-9(3-5-10)6-22-13-11(21)7-23-15(17)25-13;/h2-6,8H,7H2,1H3;2-5,7-8H,6,21H2,1H3,(H,22,23,25);1H4. The summed E-state index contributed by atoms with van der Waals surface area (Å²) in [5, 5.41) is 11.2. The fourth-order valence-electron chi connectivity index (χ4n) is 5.00. The molecule has 282 valence electrons. The number of aromatic nitrogens is 11. The number of nitrogens with two attached hydrogens (primary N) is 1. The number of nitrogen functional groups attached to an aromatic ring is 1. The van der Waals surface area contributed by atoms with Gasteiger partial charge < -0.3 is 20.2 Å². The lowest BCUT2D eigenvalue weighted by atomic mass is 10.1. The minimum Gasteiger partial charge on any atom is -0.394 e. The van der Waals surface area contributed by atoms with Gasteiger partial charge in [0.2, 0.25) is 10.6 Å². The number of benzene rings is 2. The molecule has 0 bridgehead atoms. The van der Waals surface area contributed by atoms with E-state index in [0.29, 0.717) is 46.9 Å². The minimum absolute atomic E-state index is 0. The van der Waals surface area contributed by atoms with Gasteiger partial charge in [0.1, 0.15) is 11.6 Å². The van der Waals surface area contributed by atoms with Crippen LogP contribution in [0.1, 0.15) is 29.9 Å². The second kappa shape index (κ2) is 15.7. The molecular formula is C33H29Cl2F6N13. The Labute approximate surface area is 312 Å². The number of fused-ring (bicyclic) bond motifs is 1. The van der Waals surface area contributed by atoms with Gasteiger partial charge in [-0.1, -0.05) is 61.2 Å². The molecule has 5 aromatic heterocycles. The van der Waals surface area contributed by atoms with Crippen molar-refractivity contribution in [2.45, 2.75) is 32.9 Å². The molecule has 0 saturated carbocycles. The summed E-state index contributed by atoms with van der Waals surface area (Å²) < 4.78 is 81.0. The molecule has 0 atom stereocenters. The van der Waals surface area contributed by atoms with E-state index in [1.807, 2.05) is 0 Å². The van der Waals surface area contributed by atoms with E-state index in [9.17, 15) is 26.3 Å². The first kappa shape index (κ1) is 39.4. The molecule has 54 heavy (non-hydrogen) atoms. The first-order valence-corrected chi connectivity index (χ1v) is 15.9. The molecule has 0 amide bonds. The van der Waals surface area contributed by atoms with Crippen LogP contribution in [0, 0.1) is 0 Å². The molecule has 0 radical (unpaired) electrons. The Morgan fingerprint density at radius 3 is 1.72 bits per heavy atom. The van der Waals surface area contributed by atoms with E-state index in [1.165, 1.54) is 35.6 Å². The van der Waals surface area contributed by atoms with Crippen LogP contribution in [0.4, 0.5) is 37.8 Å². The number of imidazole rings is 2. The van der Waals surface area contributed by atoms with Crippen molar-refractivity contribution in [1.29, 1.82) is 0 Å². The van der Waals surface area contributed by atoms with E-state index in [0.717, 1.165) is 23.5 Å². The maximum absolute atomic E-state index is 12.8. The Hall–Kier alpha value is -5.82. The molecule has 7 aromatic rings. The maximum atomic E-state index is 12.8. The van der Waals surface area contributed by atoms with E-state index in [4.69, 9.17) is 28.9 Å². The van der Waals surface area contributed by atoms with E-state index < -0.39 is 23.7 Å². The van der Waals surface area contributed by atoms with E-state index in [2.05, 4.69) is 45.5 Å². The Balaban J connectivity index is 0.000000204. The number of nitrogens with one attached hydrogen (secondary N) is 1. The third-order valence-electron chi connectivity index (χ3n) is 7.56. The Bertz CT molecular complexity index is 2370. The highest BCUT2D eigenvalue weighted by Gasteiger charge is 2.35. The van der Waals surface area contributed by atoms with Crippen LogP contribution in [0.25, 0.3) is 33.9 Å². The van der Waals surface area contributed by atoms with Gasteiger partial charge in [-0.3, -0.25) is 0 Å². The number of nitrogens with zero attached hydrogens (tertiary/aromatic N) is 11. The minimum atomic E-state index is -4.48. The number of hydrogen-bond acceptors (Lipinski definition) is 10. The second-order valence-electron chi connectivity index (χ2n) is 11.4. The molecule has 0 aliphatic rings. The SMILES string of the molecule is C.Cn1cc(C(F)(F)F)nc1-c1ccc(CNc2nc(Cl)ncc2N)cc1.Cn1cc(C(F)(F)F)nc1-c1ccc(Cn2nnc3cnc(Cl)nc32)cc1. The molecule has 0 aliphatic carbocycles. The van der Waals surface area contributed by atoms with Crippen LogP contribution >= 0.6 is 23.2 Å². The van der Waals surface area contributed by atoms with Gasteiger partial charge in [0, 0.05) is 44.2 Å². The second-order valence-corrected chi connectivity index (χ2v) is 12.1. The summed E-state index contributed by atoms with van der Waals surface area (Å²) in [7, 11) is 3.05. The first-order chi connectivity index (χ1) is 25.0. The van der Waals surface area contributed by atoms with Gasteiger partial charge in [0.25, 0.3) is 0 Å². The van der Waals surface area contributed by atoms with Crippen molar-refractivity contribution in [3.05, 3.63) is 106 Å². The predicted molar refractivity (Wildman–Crippen MR) is 190 cm³/mol. The lowest BCUT2D eigenvalue weighted by molar-refractivity contribution is -0.141. The Morgan fingerprint density at radius 1 is 0.704 bits per heavy atom. The molecule has 2 aromatic carbocycles. The zero-order valence-electron chi connectivity index (χ0n) is 27.4. The smallest absolute Gasteiger partial charge is 0.394 e. The van der Waals surface area contributed by atoms with Crippen LogP contribution in [0.15, 0.2) is 73.3 Å². The Kier molecular flexibility index (Phi) is 11.4. The highest BCUT2D eigenvalue weighted by molar-refractivity contribution is 6.28. The summed E-state index contributed by atoms with van der Waals surface area (Å²) >= 11 is 11.5. The average molecular weight is 793 g/mol. The van der Waals surface area contributed by atoms with Gasteiger partial charge in [0.05, 0.1) is 24.6 Å². The molecule has 7 rings (SSSR count). The normalized spacial score (nSPS) is 11.6. The first-order valence-electron chi connectivity index (χ1n) is 15.2. The number of aryl methyl sites for hydroxylation is 2. The van der Waals surface area contributed by atoms with Crippen molar-refractivity contribution in [3.63, 3.8) is 0 Å². The van der Waals surface area contributed by atoms with Gasteiger partial charge in [0.15, 0.2) is 28.4 Å². The summed E-state index contributed by atoms with van der Waals surface area (Å²) in [5.74, 6) is 0.885. The largest absolute Gasteiger partial charge is 0.434 e. The topological polar surface area (TPSA) is 156 Å². The van der Waals surface area contributed by atoms with Crippen LogP contribution in [-0.2, 0) is 39.5 Å². The van der Waals surface area contributed by atoms with Gasteiger partial charge in [-0.15, -0.1) is 5.10 Å². The van der Waals surface area contributed by atoms with Crippen LogP contribution < -0.4 is 11.1 Å². The lowest BCUT2D eigenvalue weighted by Crippen LogP contribution is -2.05. The summed E-state index contributed by atoms with van der Waals surface area (Å²) in [6, 6.07) is 14.0. The molecular weight excluding hydrogens is 763 g/mol. The third-order valence-corrected chi connectivity index (χ3v) is 7.93. The summed E-state index contributed by atoms with van der Waals surface area (Å²) in [4.78, 5) is 23.1. The quantitative estimate of drug-likeness (QED) is 0.121. The molecule has 0 saturated heterocycles. The zero-order valence-corrected chi connectivity index (χ0v) is 28.9. The lowest BCUT2D eigenvalue weighted by Gasteiger charge is -2.09. The van der Waals surface area contributed by atoms with Crippen molar-refractivity contribution >= 4 is 45.9 Å². The zero-order chi connectivity index (χ0) is 38.1. The Morgan fingerprint density at radius 2 is 1.20 bits per heavy atom. The number of halogens is 8. The van der Waals surface area contributed by atoms with Crippen molar-refractivity contribution in [2.24, 2.45) is 14.1 Å². The number of alkyl halides is 6. The van der Waals surface area contributed by atoms with Gasteiger partial charge in [-0.25, -0.2) is 24.6 Å². The van der Waals surface area contributed by atoms with Crippen LogP contribution in [0.2, 0.25) is 10.6 Å². The van der Waals surface area contributed by atoms with Gasteiger partial charge >= 0.3 is 12.4 Å². The average Bonchev–Trinajstić information content (AvgIpc) is 3.82. The number of anilines is 2. The highest BCUT2D eigenvalue weighted by atomic mass is 35.5. The molecule has 0 spiro atoms. The molecule has 13 nitrogen and oxygen atoms in total. The van der Waals surface area contributed by atoms with Gasteiger partial charge in [-0.05, 0) is 34.3 Å². The summed E-state index contributed by atoms with van der Waals surface area (Å²) in [6.07, 6.45) is -4.14. The van der Waals surface area contributed by atoms with Crippen LogP contribution in [0.5, 0.6) is 0 Å². The van der Waals surface area contributed by atoms with E-state index >= 15 is 0 Å². The fraction of sp³-hybridized carbons (Fsp3) is 0.212. The van der Waals surface area contributed by atoms with Crippen LogP contribution in [0.3, 0.4) is 0 Å². The fourth-order valence-corrected chi connectivity index (χ4v) is 5.26. The molecule has 3 N–H and O–H groups in total. The highest BCUT2D eigenvalue weighted by Crippen LogP contribution is 2.32. The molecule has 0 fully saturated rings. The predicted octanol–water partition coefficient (Wildman–Crippen LogP) is 7.72. The van der Waals surface area contributed by atoms with Crippen molar-refractivity contribution in [3.8, 4) is 22.8 Å². The maximum Gasteiger partial charge on any atom is 0.434 e. The van der Waals surface area contributed by atoms with Gasteiger partial charge in [-0.2, -0.15) is 36.3 Å². The van der Waals surface area contributed by atoms with E-state index in [1.54, 1.807) is 53.2 Å². The monoisotopic (exact) mass is 791 g/mol. The van der Waals surface area contributed by atoms with Crippen molar-refractivity contribution < 1.29 is 26.3 Å². The van der Waals surface area contributed by atoms with Crippen molar-refractivity contribution in [2.75, 3.05) is 11.1 Å². The van der Waals surface area contributed by atoms with Crippen LogP contribution in [-0.4, -0.2) is 54.0 Å². The summed E-state index contributed by atoms with van der Waals surface area (Å²) in [6.45, 7) is 0.782. The molecule has 5 heterocycles. The molecule has 21 heteroatoms. The number of rotatable bonds is 7.